The van der Waals surface area contributed by atoms with Gasteiger partial charge < -0.3 is 15.3 Å². The van der Waals surface area contributed by atoms with Gasteiger partial charge in [-0.15, -0.1) is 0 Å². The van der Waals surface area contributed by atoms with Crippen molar-refractivity contribution < 1.29 is 14.8 Å². The molecule has 20 heavy (non-hydrogen) atoms. The molecule has 1 aliphatic heterocycles. The van der Waals surface area contributed by atoms with E-state index in [-0.39, 0.29) is 24.2 Å². The molecule has 7 heteroatoms. The maximum Gasteiger partial charge on any atom is 0.269 e. The van der Waals surface area contributed by atoms with E-state index in [2.05, 4.69) is 5.32 Å². The van der Waals surface area contributed by atoms with Crippen LogP contribution in [0.25, 0.3) is 0 Å². The van der Waals surface area contributed by atoms with E-state index in [9.17, 15) is 14.9 Å². The quantitative estimate of drug-likeness (QED) is 0.619. The Hall–Kier alpha value is -2.15. The van der Waals surface area contributed by atoms with Crippen LogP contribution in [-0.2, 0) is 4.79 Å². The van der Waals surface area contributed by atoms with Gasteiger partial charge >= 0.3 is 0 Å². The van der Waals surface area contributed by atoms with Gasteiger partial charge in [0.25, 0.3) is 5.69 Å². The highest BCUT2D eigenvalue weighted by Gasteiger charge is 2.28. The van der Waals surface area contributed by atoms with Crippen LogP contribution in [0, 0.1) is 10.1 Å². The number of hydrogen-bond donors (Lipinski definition) is 2. The van der Waals surface area contributed by atoms with Crippen LogP contribution in [0.1, 0.15) is 12.8 Å². The maximum absolute atomic E-state index is 12.1. The van der Waals surface area contributed by atoms with Crippen molar-refractivity contribution in [1.82, 2.24) is 4.90 Å². The number of β-amino-alcohol motifs (C(OH)–C–C–N with tert-alkyl or cyclic N) is 1. The molecule has 1 heterocycles. The Morgan fingerprint density at radius 2 is 2.10 bits per heavy atom. The molecule has 1 fully saturated rings. The number of nitrogens with zero attached hydrogens (tertiary/aromatic N) is 2. The minimum absolute atomic E-state index is 0.0208. The van der Waals surface area contributed by atoms with Crippen molar-refractivity contribution in [2.45, 2.75) is 18.9 Å². The van der Waals surface area contributed by atoms with Gasteiger partial charge in [-0.2, -0.15) is 0 Å². The van der Waals surface area contributed by atoms with Crippen LogP contribution in [0.15, 0.2) is 24.3 Å². The predicted molar refractivity (Wildman–Crippen MR) is 73.4 cm³/mol. The standard InChI is InChI=1S/C13H17N3O4/c17-9-8-15-7-1-2-12(13(15)18)14-10-3-5-11(6-4-10)16(19)20/h3-6,12,14,17H,1-2,7-9H2. The minimum Gasteiger partial charge on any atom is -0.395 e. The Bertz CT molecular complexity index is 487. The SMILES string of the molecule is O=C1C(Nc2ccc([N+](=O)[O-])cc2)CCCN1CCO. The van der Waals surface area contributed by atoms with Crippen LogP contribution in [0.5, 0.6) is 0 Å². The fraction of sp³-hybridized carbons (Fsp3) is 0.462. The van der Waals surface area contributed by atoms with E-state index in [1.165, 1.54) is 12.1 Å². The zero-order valence-corrected chi connectivity index (χ0v) is 11.0. The number of carbonyl (C=O) groups excluding carboxylic acids is 1. The van der Waals surface area contributed by atoms with E-state index >= 15 is 0 Å². The molecular formula is C13H17N3O4. The Labute approximate surface area is 116 Å². The van der Waals surface area contributed by atoms with Gasteiger partial charge in [0.05, 0.1) is 11.5 Å². The van der Waals surface area contributed by atoms with E-state index in [1.54, 1.807) is 17.0 Å². The van der Waals surface area contributed by atoms with Crippen molar-refractivity contribution in [2.75, 3.05) is 25.0 Å². The number of nitro benzene ring substituents is 1. The fourth-order valence-corrected chi connectivity index (χ4v) is 2.30. The number of hydrogen-bond acceptors (Lipinski definition) is 5. The van der Waals surface area contributed by atoms with Crippen molar-refractivity contribution in [3.05, 3.63) is 34.4 Å². The average Bonchev–Trinajstić information content (AvgIpc) is 2.44. The fourth-order valence-electron chi connectivity index (χ4n) is 2.30. The van der Waals surface area contributed by atoms with Gasteiger partial charge in [0, 0.05) is 30.9 Å². The molecule has 1 aromatic carbocycles. The molecule has 7 nitrogen and oxygen atoms in total. The molecule has 0 radical (unpaired) electrons. The van der Waals surface area contributed by atoms with Crippen molar-refractivity contribution >= 4 is 17.3 Å². The zero-order valence-electron chi connectivity index (χ0n) is 11.0. The summed E-state index contributed by atoms with van der Waals surface area (Å²) >= 11 is 0. The lowest BCUT2D eigenvalue weighted by Crippen LogP contribution is -2.48. The smallest absolute Gasteiger partial charge is 0.269 e. The van der Waals surface area contributed by atoms with Gasteiger partial charge in [-0.05, 0) is 25.0 Å². The highest BCUT2D eigenvalue weighted by Crippen LogP contribution is 2.20. The second kappa shape index (κ2) is 6.33. The van der Waals surface area contributed by atoms with E-state index in [0.29, 0.717) is 18.8 Å². The first-order valence-electron chi connectivity index (χ1n) is 6.52. The van der Waals surface area contributed by atoms with Gasteiger partial charge in [-0.25, -0.2) is 0 Å². The topological polar surface area (TPSA) is 95.7 Å². The summed E-state index contributed by atoms with van der Waals surface area (Å²) in [5.41, 5.74) is 0.701. The second-order valence-electron chi connectivity index (χ2n) is 4.69. The number of nitrogens with one attached hydrogen (secondary N) is 1. The molecule has 0 spiro atoms. The van der Waals surface area contributed by atoms with E-state index in [0.717, 1.165) is 12.8 Å². The zero-order chi connectivity index (χ0) is 14.5. The molecule has 0 bridgehead atoms. The van der Waals surface area contributed by atoms with E-state index < -0.39 is 4.92 Å². The van der Waals surface area contributed by atoms with Crippen LogP contribution in [0.4, 0.5) is 11.4 Å². The van der Waals surface area contributed by atoms with Crippen LogP contribution in [0.3, 0.4) is 0 Å². The third-order valence-corrected chi connectivity index (χ3v) is 3.32. The number of carbonyl (C=O) groups is 1. The molecule has 2 rings (SSSR count). The lowest BCUT2D eigenvalue weighted by Gasteiger charge is -2.32. The van der Waals surface area contributed by atoms with Gasteiger partial charge in [-0.1, -0.05) is 0 Å². The summed E-state index contributed by atoms with van der Waals surface area (Å²) in [7, 11) is 0. The monoisotopic (exact) mass is 279 g/mol. The van der Waals surface area contributed by atoms with Gasteiger partial charge in [0.15, 0.2) is 0 Å². The van der Waals surface area contributed by atoms with Crippen LogP contribution in [-0.4, -0.2) is 46.6 Å². The molecule has 1 aromatic rings. The number of rotatable bonds is 5. The maximum atomic E-state index is 12.1. The molecule has 0 aromatic heterocycles. The number of likely N-dealkylation sites (tertiary alicyclic amines) is 1. The Morgan fingerprint density at radius 1 is 1.40 bits per heavy atom. The third kappa shape index (κ3) is 3.24. The summed E-state index contributed by atoms with van der Waals surface area (Å²) in [6.07, 6.45) is 1.59. The van der Waals surface area contributed by atoms with Gasteiger partial charge in [0.1, 0.15) is 6.04 Å². The highest BCUT2D eigenvalue weighted by atomic mass is 16.6. The Morgan fingerprint density at radius 3 is 2.70 bits per heavy atom. The van der Waals surface area contributed by atoms with Crippen LogP contribution >= 0.6 is 0 Å². The number of benzene rings is 1. The summed E-state index contributed by atoms with van der Waals surface area (Å²) < 4.78 is 0. The van der Waals surface area contributed by atoms with E-state index in [4.69, 9.17) is 5.11 Å². The molecule has 1 aliphatic rings. The molecule has 2 N–H and O–H groups in total. The van der Waals surface area contributed by atoms with Crippen molar-refractivity contribution in [3.63, 3.8) is 0 Å². The Kier molecular flexibility index (Phi) is 4.52. The summed E-state index contributed by atoms with van der Waals surface area (Å²) in [6.45, 7) is 0.963. The molecule has 1 atom stereocenters. The molecule has 1 amide bonds. The number of non-ortho nitro benzene ring substituents is 1. The molecule has 108 valence electrons. The van der Waals surface area contributed by atoms with Crippen molar-refractivity contribution in [3.8, 4) is 0 Å². The number of nitro groups is 1. The largest absolute Gasteiger partial charge is 0.395 e. The number of amides is 1. The molecule has 1 saturated heterocycles. The second-order valence-corrected chi connectivity index (χ2v) is 4.69. The lowest BCUT2D eigenvalue weighted by molar-refractivity contribution is -0.384. The number of aliphatic hydroxyl groups excluding tert-OH is 1. The first-order valence-corrected chi connectivity index (χ1v) is 6.52. The third-order valence-electron chi connectivity index (χ3n) is 3.32. The first-order chi connectivity index (χ1) is 9.61. The van der Waals surface area contributed by atoms with Gasteiger partial charge in [-0.3, -0.25) is 14.9 Å². The number of piperidine rings is 1. The molecular weight excluding hydrogens is 262 g/mol. The summed E-state index contributed by atoms with van der Waals surface area (Å²) in [4.78, 5) is 23.9. The molecule has 1 unspecified atom stereocenters. The summed E-state index contributed by atoms with van der Waals surface area (Å²) in [5, 5.41) is 22.6. The van der Waals surface area contributed by atoms with Crippen molar-refractivity contribution in [1.29, 1.82) is 0 Å². The number of aliphatic hydroxyl groups is 1. The van der Waals surface area contributed by atoms with Crippen LogP contribution < -0.4 is 5.32 Å². The predicted octanol–water partition coefficient (Wildman–Crippen LogP) is 0.990. The molecule has 0 aliphatic carbocycles. The van der Waals surface area contributed by atoms with Crippen molar-refractivity contribution in [2.24, 2.45) is 0 Å². The summed E-state index contributed by atoms with van der Waals surface area (Å²) in [6, 6.07) is 5.66. The average molecular weight is 279 g/mol. The van der Waals surface area contributed by atoms with Crippen LogP contribution in [0.2, 0.25) is 0 Å². The lowest BCUT2D eigenvalue weighted by atomic mass is 10.0. The summed E-state index contributed by atoms with van der Waals surface area (Å²) in [5.74, 6) is -0.0383. The molecule has 0 saturated carbocycles. The minimum atomic E-state index is -0.460. The van der Waals surface area contributed by atoms with Gasteiger partial charge in [0.2, 0.25) is 5.91 Å². The first kappa shape index (κ1) is 14.3. The van der Waals surface area contributed by atoms with E-state index in [1.807, 2.05) is 0 Å². The highest BCUT2D eigenvalue weighted by molar-refractivity contribution is 5.85. The normalized spacial score (nSPS) is 18.9. The number of anilines is 1. The Balaban J connectivity index is 2.01.